The normalized spacial score (nSPS) is 17.1. The van der Waals surface area contributed by atoms with E-state index in [-0.39, 0.29) is 221 Å². The summed E-state index contributed by atoms with van der Waals surface area (Å²) in [5.74, 6) is -3.17. The van der Waals surface area contributed by atoms with E-state index in [2.05, 4.69) is 55.3 Å². The molecule has 0 radical (unpaired) electrons. The van der Waals surface area contributed by atoms with Crippen molar-refractivity contribution < 1.29 is 133 Å². The minimum atomic E-state index is -1.67. The summed E-state index contributed by atoms with van der Waals surface area (Å²) in [6.45, 7) is 11.3. The van der Waals surface area contributed by atoms with Gasteiger partial charge in [-0.05, 0) is 196 Å². The number of aliphatic hydroxyl groups excluding tert-OH is 2. The Morgan fingerprint density at radius 3 is 1.18 bits per heavy atom. The molecular formula is C115H140Cl3F6IN5NaO16S. The van der Waals surface area contributed by atoms with Crippen molar-refractivity contribution in [2.45, 2.75) is 216 Å². The summed E-state index contributed by atoms with van der Waals surface area (Å²) in [7, 11) is 7.36. The Kier molecular flexibility index (Phi) is 66.1. The van der Waals surface area contributed by atoms with Crippen LogP contribution >= 0.6 is 55.6 Å². The fourth-order valence-corrected chi connectivity index (χ4v) is 16.5. The number of nitrogens with zero attached hydrogens (tertiary/aromatic N) is 4. The first kappa shape index (κ1) is 137. The number of carboxylic acid groups (broad SMARTS) is 1. The van der Waals surface area contributed by atoms with Gasteiger partial charge in [-0.2, -0.15) is 0 Å². The number of hydrogen-bond donors (Lipinski definition) is 4. The number of hydrogen-bond acceptors (Lipinski definition) is 16. The minimum Gasteiger partial charge on any atom is -0.850 e. The molecular weight excluding hydrogens is 2110 g/mol. The number of alkyl halides is 1. The number of cyclic esters (lactones) is 2. The summed E-state index contributed by atoms with van der Waals surface area (Å²) in [5, 5.41) is 36.9. The topological polar surface area (TPSA) is 304 Å². The number of fused-ring (bicyclic) bond motifs is 1. The molecule has 7 aliphatic rings. The zero-order valence-corrected chi connectivity index (χ0v) is 85.6. The monoisotopic (exact) mass is 2250 g/mol. The second-order valence-corrected chi connectivity index (χ2v) is 37.5. The van der Waals surface area contributed by atoms with Crippen molar-refractivity contribution in [3.63, 3.8) is 0 Å². The Morgan fingerprint density at radius 1 is 0.473 bits per heavy atom. The molecule has 7 heterocycles. The average molecular weight is 2250 g/mol. The predicted octanol–water partition coefficient (Wildman–Crippen LogP) is 23.5. The smallest absolute Gasteiger partial charge is 0.850 e. The van der Waals surface area contributed by atoms with Gasteiger partial charge in [0.15, 0.2) is 11.5 Å². The van der Waals surface area contributed by atoms with E-state index in [0.717, 1.165) is 79.7 Å². The van der Waals surface area contributed by atoms with E-state index in [1.54, 1.807) is 91.2 Å². The average Bonchev–Trinajstić information content (AvgIpc) is 1.57. The van der Waals surface area contributed by atoms with Crippen molar-refractivity contribution >= 4 is 118 Å². The second-order valence-electron chi connectivity index (χ2n) is 33.4. The zero-order valence-electron chi connectivity index (χ0n) is 78.4. The number of likely N-dealkylation sites (tertiary alicyclic amines) is 3. The number of nitrogens with two attached hydrogens (primary N) is 1. The number of Topliss-reactive ketones (excluding diaryl/α,β-unsaturated/α-hetero) is 1. The molecule has 7 aliphatic heterocycles. The van der Waals surface area contributed by atoms with Crippen LogP contribution < -0.4 is 40.4 Å². The van der Waals surface area contributed by atoms with Crippen LogP contribution in [0.1, 0.15) is 265 Å². The van der Waals surface area contributed by atoms with Gasteiger partial charge in [-0.25, -0.2) is 30.6 Å². The Balaban J connectivity index is 0.00000166. The summed E-state index contributed by atoms with van der Waals surface area (Å²) in [6.07, 6.45) is 7.51. The zero-order chi connectivity index (χ0) is 102. The van der Waals surface area contributed by atoms with Crippen LogP contribution in [0.3, 0.4) is 0 Å². The Morgan fingerprint density at radius 2 is 0.818 bits per heavy atom. The van der Waals surface area contributed by atoms with Crippen molar-refractivity contribution in [2.75, 3.05) is 38.9 Å². The van der Waals surface area contributed by atoms with Crippen LogP contribution in [0.4, 0.5) is 26.3 Å². The number of esters is 2. The molecule has 11 aromatic carbocycles. The SMILES string of the molecule is C.C.C.C.C.C.C.C1CCOC1.C=C(c1ccccc1)N1C(=O)CC[C@H]1c1ccc(F)cc1.CC(C)(C)[O-].Fc1ccc(I)cc1.N[C@@H](CO)c1ccccc1.O=C(O)CCC(=O)c1ccc(F)cc1.O=C1CCC(=O)O1.O=C1CC[C@@H](c2ccc(F)cc2)N1[C@@H](CCl)c1ccccc1.O=C1CC[C@@H](c2ccc(F)cc2)N1[C@@H](CO)c1ccccc1.O=C1CC[C@]2(c3ccc(F)cc3)OC[C@@H](c3ccccc3)N12.O=S(Cl)Cl.[Na+]. The summed E-state index contributed by atoms with van der Waals surface area (Å²) >= 11 is 8.30. The summed E-state index contributed by atoms with van der Waals surface area (Å²) in [4.78, 5) is 98.1. The van der Waals surface area contributed by atoms with Gasteiger partial charge in [0.2, 0.25) is 32.9 Å². The van der Waals surface area contributed by atoms with Gasteiger partial charge in [-0.1, -0.05) is 280 Å². The number of halogens is 10. The van der Waals surface area contributed by atoms with Crippen molar-refractivity contribution in [1.29, 1.82) is 0 Å². The number of carboxylic acids is 1. The molecule has 7 saturated heterocycles. The predicted molar refractivity (Wildman–Crippen MR) is 581 cm³/mol. The molecule has 8 atom stereocenters. The number of ketones is 1. The molecule has 0 unspecified atom stereocenters. The molecule has 21 nitrogen and oxygen atoms in total. The number of amides is 4. The van der Waals surface area contributed by atoms with Gasteiger partial charge in [0.05, 0.1) is 81.4 Å². The molecule has 0 bridgehead atoms. The van der Waals surface area contributed by atoms with Crippen LogP contribution in [0.2, 0.25) is 0 Å². The first-order valence-corrected chi connectivity index (χ1v) is 49.5. The molecule has 33 heteroatoms. The number of carbonyl (C=O) groups is 8. The van der Waals surface area contributed by atoms with E-state index in [1.165, 1.54) is 97.8 Å². The van der Waals surface area contributed by atoms with Crippen molar-refractivity contribution in [3.8, 4) is 0 Å². The molecule has 0 saturated carbocycles. The number of ether oxygens (including phenoxy) is 3. The molecule has 7 fully saturated rings. The first-order chi connectivity index (χ1) is 67.0. The van der Waals surface area contributed by atoms with E-state index < -0.39 is 44.3 Å². The van der Waals surface area contributed by atoms with Gasteiger partial charge in [-0.15, -0.1) is 17.2 Å². The third-order valence-electron chi connectivity index (χ3n) is 22.4. The second kappa shape index (κ2) is 71.2. The van der Waals surface area contributed by atoms with Crippen LogP contribution in [-0.2, 0) is 62.7 Å². The third-order valence-corrected chi connectivity index (χ3v) is 23.4. The maximum absolute atomic E-state index is 13.2. The van der Waals surface area contributed by atoms with E-state index in [0.29, 0.717) is 62.3 Å². The van der Waals surface area contributed by atoms with Gasteiger partial charge in [0.25, 0.3) is 0 Å². The molecule has 0 spiro atoms. The Labute approximate surface area is 921 Å². The number of rotatable bonds is 19. The molecule has 798 valence electrons. The Bertz CT molecular complexity index is 5530. The maximum Gasteiger partial charge on any atom is 1.00 e. The standard InChI is InChI=1S/C18H17ClFNO.C18H16FNO2.C18H18FNO2.C18H16FNO.C10H9FO3.C8H11NO.C6H4FI.C4H4O3.C4H8O.C4H9O.7CH4.Cl2OS.Na/c19-12-17(13-4-2-1-3-5-13)21-16(10-11-18(21)22)14-6-8-15(20)9-7-14;19-15-8-6-14(7-9-15)18-11-10-17(21)20(18)16(12-22-18)13-4-2-1-3-5-13;19-15-8-6-14(7-9-15)16-10-11-18(22)20(16)17(12-21)13-4-2-1-3-5-13;1-13(14-5-3-2-4-6-14)20-17(11-12-18(20)21)15-7-9-16(19)10-8-15;11-8-3-1-7(2-4-8)9(12)5-6-10(13)14;9-8(6-10)7-4-2-1-3-5-7;7-5-1-3-6(8)4-2-5;5-3-1-2-4(6)7-3;1-2-4-5-3-1;1-4(2,3)5;;;;;;;;1-4(2)3;/h1-9,16-17H,10-12H2;1-9,16H,10-12H2;1-9,16-17,21H,10-12H2;2-10,17H,1,11-12H2;1-4H,5-6H2,(H,13,14);1-5,8,10H,6,9H2;1-4H;1-2H2;1-4H2;1-3H3;7*1H4;;/q;;;;;;;;;-1;;;;;;;;;+1/t16-,17-;16-,18+;16-,17-;17-;;8-;;;;;;;;;;;;;/m0000.0............./s1. The van der Waals surface area contributed by atoms with Crippen LogP contribution in [-0.4, -0.2) is 131 Å². The largest absolute Gasteiger partial charge is 1.00 e. The summed E-state index contributed by atoms with van der Waals surface area (Å²) in [6, 6.07) is 84.0. The van der Waals surface area contributed by atoms with E-state index in [4.69, 9.17) is 41.2 Å². The van der Waals surface area contributed by atoms with Crippen LogP contribution in [0.5, 0.6) is 0 Å². The number of benzene rings is 11. The number of carbonyl (C=O) groups excluding carboxylic acids is 7. The van der Waals surface area contributed by atoms with E-state index in [9.17, 15) is 74.9 Å². The van der Waals surface area contributed by atoms with Crippen LogP contribution in [0.15, 0.2) is 304 Å². The third kappa shape index (κ3) is 44.9. The first-order valence-electron chi connectivity index (χ1n) is 45.1. The van der Waals surface area contributed by atoms with E-state index >= 15 is 0 Å². The van der Waals surface area contributed by atoms with Crippen molar-refractivity contribution in [1.82, 2.24) is 19.6 Å². The molecule has 5 N–H and O–H groups in total. The van der Waals surface area contributed by atoms with Gasteiger partial charge >= 0.3 is 47.5 Å². The fourth-order valence-electron chi connectivity index (χ4n) is 15.8. The van der Waals surface area contributed by atoms with Gasteiger partial charge in [-0.3, -0.25) is 38.4 Å². The quantitative estimate of drug-likeness (QED) is 0.00854. The van der Waals surface area contributed by atoms with Gasteiger partial charge in [0.1, 0.15) is 34.9 Å². The van der Waals surface area contributed by atoms with Gasteiger partial charge in [0, 0.05) is 99.4 Å². The van der Waals surface area contributed by atoms with Gasteiger partial charge < -0.3 is 60.0 Å². The molecule has 0 aliphatic carbocycles. The van der Waals surface area contributed by atoms with Crippen molar-refractivity contribution in [3.05, 3.63) is 398 Å². The minimum absolute atomic E-state index is 0. The maximum atomic E-state index is 13.2. The van der Waals surface area contributed by atoms with Crippen LogP contribution in [0, 0.1) is 38.5 Å². The molecule has 148 heavy (non-hydrogen) atoms. The van der Waals surface area contributed by atoms with E-state index in [1.807, 2.05) is 161 Å². The Hall–Kier alpha value is -10.6. The van der Waals surface area contributed by atoms with Crippen LogP contribution in [0.25, 0.3) is 5.70 Å². The summed E-state index contributed by atoms with van der Waals surface area (Å²) in [5.41, 5.74) is 13.7. The fraction of sp³-hybridized carbons (Fsp3) is 0.339. The number of aliphatic hydroxyl groups is 2. The number of aliphatic carboxylic acids is 1. The molecule has 4 amide bonds. The van der Waals surface area contributed by atoms with Crippen molar-refractivity contribution in [2.24, 2.45) is 5.73 Å². The molecule has 11 aromatic rings. The molecule has 0 aromatic heterocycles. The summed E-state index contributed by atoms with van der Waals surface area (Å²) < 4.78 is 102. The molecule has 18 rings (SSSR count).